The van der Waals surface area contributed by atoms with Crippen molar-refractivity contribution in [3.05, 3.63) is 48.0 Å². The van der Waals surface area contributed by atoms with Gasteiger partial charge in [-0.15, -0.1) is 0 Å². The number of halogens is 1. The van der Waals surface area contributed by atoms with Gasteiger partial charge in [0, 0.05) is 17.3 Å². The molecule has 1 aromatic heterocycles. The average Bonchev–Trinajstić information content (AvgIpc) is 3.47. The van der Waals surface area contributed by atoms with Crippen molar-refractivity contribution in [1.82, 2.24) is 4.98 Å². The Balaban J connectivity index is 1.45. The molecule has 2 fully saturated rings. The summed E-state index contributed by atoms with van der Waals surface area (Å²) in [6.45, 7) is 11.4. The number of nitrogens with zero attached hydrogens (tertiary/aromatic N) is 3. The number of nitriles is 1. The first-order chi connectivity index (χ1) is 15.5. The van der Waals surface area contributed by atoms with Crippen molar-refractivity contribution in [2.45, 2.75) is 63.3 Å². The van der Waals surface area contributed by atoms with Gasteiger partial charge in [-0.2, -0.15) is 5.26 Å². The number of benzene rings is 1. The Bertz CT molecular complexity index is 1100. The third kappa shape index (κ3) is 4.52. The molecule has 0 radical (unpaired) electrons. The van der Waals surface area contributed by atoms with E-state index in [1.807, 2.05) is 0 Å². The fourth-order valence-corrected chi connectivity index (χ4v) is 4.67. The summed E-state index contributed by atoms with van der Waals surface area (Å²) in [4.78, 5) is 18.3. The molecular weight excluding hydrogens is 437 g/mol. The third-order valence-corrected chi connectivity index (χ3v) is 11.6. The Morgan fingerprint density at radius 2 is 2.03 bits per heavy atom. The van der Waals surface area contributed by atoms with E-state index in [1.54, 1.807) is 30.5 Å². The SMILES string of the molecule is CC(C)(C)[Si](C)(C)OC[C@H]1CN(c2ccc(-c3ccc(C4(C#N)CC4)nc3)c(F)c2)C(=O)O1. The normalized spacial score (nSPS) is 19.8. The highest BCUT2D eigenvalue weighted by molar-refractivity contribution is 6.74. The first-order valence-corrected chi connectivity index (χ1v) is 14.2. The fraction of sp³-hybridized carbons (Fsp3) is 0.480. The molecule has 6 nitrogen and oxygen atoms in total. The second-order valence-corrected chi connectivity index (χ2v) is 15.3. The minimum absolute atomic E-state index is 0.0646. The molecule has 8 heteroatoms. The van der Waals surface area contributed by atoms with Crippen LogP contribution in [0.5, 0.6) is 0 Å². The molecule has 1 aromatic carbocycles. The lowest BCUT2D eigenvalue weighted by Crippen LogP contribution is -2.43. The summed E-state index contributed by atoms with van der Waals surface area (Å²) in [7, 11) is -1.96. The predicted octanol–water partition coefficient (Wildman–Crippen LogP) is 5.79. The quantitative estimate of drug-likeness (QED) is 0.503. The number of ether oxygens (including phenoxy) is 1. The number of pyridine rings is 1. The first-order valence-electron chi connectivity index (χ1n) is 11.3. The summed E-state index contributed by atoms with van der Waals surface area (Å²) in [6.07, 6.45) is 2.34. The zero-order chi connectivity index (χ0) is 24.0. The number of cyclic esters (lactones) is 1. The number of anilines is 1. The van der Waals surface area contributed by atoms with Gasteiger partial charge in [0.05, 0.1) is 36.0 Å². The largest absolute Gasteiger partial charge is 0.442 e. The van der Waals surface area contributed by atoms with Gasteiger partial charge in [-0.1, -0.05) is 26.8 Å². The molecule has 1 aliphatic carbocycles. The maximum absolute atomic E-state index is 15.0. The summed E-state index contributed by atoms with van der Waals surface area (Å²) in [6, 6.07) is 10.6. The van der Waals surface area contributed by atoms with E-state index in [2.05, 4.69) is 44.9 Å². The van der Waals surface area contributed by atoms with Crippen molar-refractivity contribution in [3.63, 3.8) is 0 Å². The molecule has 1 atom stereocenters. The van der Waals surface area contributed by atoms with Gasteiger partial charge in [0.15, 0.2) is 8.32 Å². The van der Waals surface area contributed by atoms with Crippen LogP contribution in [0.2, 0.25) is 18.1 Å². The number of rotatable bonds is 6. The van der Waals surface area contributed by atoms with E-state index in [0.29, 0.717) is 30.0 Å². The second kappa shape index (κ2) is 8.23. The van der Waals surface area contributed by atoms with Crippen LogP contribution in [0, 0.1) is 17.1 Å². The summed E-state index contributed by atoms with van der Waals surface area (Å²) in [5, 5.41) is 9.39. The second-order valence-electron chi connectivity index (χ2n) is 10.5. The minimum Gasteiger partial charge on any atom is -0.442 e. The lowest BCUT2D eigenvalue weighted by Gasteiger charge is -2.36. The van der Waals surface area contributed by atoms with Crippen molar-refractivity contribution in [2.24, 2.45) is 0 Å². The van der Waals surface area contributed by atoms with Crippen LogP contribution in [0.25, 0.3) is 11.1 Å². The molecule has 0 N–H and O–H groups in total. The molecule has 2 heterocycles. The highest BCUT2D eigenvalue weighted by atomic mass is 28.4. The lowest BCUT2D eigenvalue weighted by molar-refractivity contribution is 0.0997. The van der Waals surface area contributed by atoms with E-state index in [-0.39, 0.29) is 11.1 Å². The van der Waals surface area contributed by atoms with Gasteiger partial charge in [0.2, 0.25) is 0 Å². The van der Waals surface area contributed by atoms with Crippen molar-refractivity contribution < 1.29 is 18.3 Å². The number of amides is 1. The maximum Gasteiger partial charge on any atom is 0.414 e. The van der Waals surface area contributed by atoms with Crippen molar-refractivity contribution in [2.75, 3.05) is 18.1 Å². The molecule has 0 spiro atoms. The van der Waals surface area contributed by atoms with Gasteiger partial charge in [-0.3, -0.25) is 9.88 Å². The Hall–Kier alpha value is -2.76. The Kier molecular flexibility index (Phi) is 5.83. The predicted molar refractivity (Wildman–Crippen MR) is 127 cm³/mol. The van der Waals surface area contributed by atoms with Crippen LogP contribution in [0.15, 0.2) is 36.5 Å². The molecule has 2 aromatic rings. The molecule has 4 rings (SSSR count). The van der Waals surface area contributed by atoms with Gasteiger partial charge in [-0.25, -0.2) is 9.18 Å². The van der Waals surface area contributed by atoms with Crippen LogP contribution in [-0.2, 0) is 14.6 Å². The van der Waals surface area contributed by atoms with Gasteiger partial charge in [0.25, 0.3) is 0 Å². The molecule has 1 amide bonds. The highest BCUT2D eigenvalue weighted by Crippen LogP contribution is 2.46. The Labute approximate surface area is 195 Å². The molecule has 33 heavy (non-hydrogen) atoms. The molecule has 174 valence electrons. The van der Waals surface area contributed by atoms with Crippen molar-refractivity contribution >= 4 is 20.1 Å². The Morgan fingerprint density at radius 1 is 1.30 bits per heavy atom. The number of carbonyl (C=O) groups excluding carboxylic acids is 1. The Morgan fingerprint density at radius 3 is 2.58 bits per heavy atom. The molecule has 0 unspecified atom stereocenters. The molecule has 1 saturated carbocycles. The number of carbonyl (C=O) groups is 1. The van der Waals surface area contributed by atoms with Crippen LogP contribution in [-0.4, -0.2) is 38.7 Å². The number of aromatic nitrogens is 1. The monoisotopic (exact) mass is 467 g/mol. The van der Waals surface area contributed by atoms with E-state index >= 15 is 0 Å². The van der Waals surface area contributed by atoms with E-state index in [9.17, 15) is 14.4 Å². The lowest BCUT2D eigenvalue weighted by atomic mass is 10.0. The first kappa shape index (κ1) is 23.4. The van der Waals surface area contributed by atoms with Gasteiger partial charge in [0.1, 0.15) is 11.9 Å². The van der Waals surface area contributed by atoms with Crippen LogP contribution in [0.1, 0.15) is 39.3 Å². The van der Waals surface area contributed by atoms with E-state index in [1.165, 1.54) is 11.0 Å². The van der Waals surface area contributed by atoms with Crippen molar-refractivity contribution in [1.29, 1.82) is 5.26 Å². The third-order valence-electron chi connectivity index (χ3n) is 7.10. The minimum atomic E-state index is -1.96. The highest BCUT2D eigenvalue weighted by Gasteiger charge is 2.46. The van der Waals surface area contributed by atoms with Crippen LogP contribution >= 0.6 is 0 Å². The number of hydrogen-bond acceptors (Lipinski definition) is 5. The van der Waals surface area contributed by atoms with Gasteiger partial charge >= 0.3 is 6.09 Å². The summed E-state index contributed by atoms with van der Waals surface area (Å²) < 4.78 is 26.7. The molecule has 0 bridgehead atoms. The fourth-order valence-electron chi connectivity index (χ4n) is 3.63. The summed E-state index contributed by atoms with van der Waals surface area (Å²) in [5.41, 5.74) is 1.73. The maximum atomic E-state index is 15.0. The van der Waals surface area contributed by atoms with Crippen LogP contribution in [0.4, 0.5) is 14.9 Å². The van der Waals surface area contributed by atoms with Crippen LogP contribution in [0.3, 0.4) is 0 Å². The smallest absolute Gasteiger partial charge is 0.414 e. The molecule has 1 aliphatic heterocycles. The summed E-state index contributed by atoms with van der Waals surface area (Å²) in [5.74, 6) is -0.447. The molecule has 2 aliphatic rings. The summed E-state index contributed by atoms with van der Waals surface area (Å²) >= 11 is 0. The van der Waals surface area contributed by atoms with Crippen LogP contribution < -0.4 is 4.90 Å². The standard InChI is InChI=1S/C25H30FN3O3Si/c1-24(2,3)33(4,5)31-15-19-14-29(23(30)32-19)18-7-8-20(21(26)12-18)17-6-9-22(28-13-17)25(16-27)10-11-25/h6-9,12-13,19H,10-11,14-15H2,1-5H3/t19-/m1/s1. The number of hydrogen-bond donors (Lipinski definition) is 0. The topological polar surface area (TPSA) is 75.5 Å². The van der Waals surface area contributed by atoms with Crippen molar-refractivity contribution in [3.8, 4) is 17.2 Å². The van der Waals surface area contributed by atoms with E-state index < -0.39 is 25.6 Å². The zero-order valence-corrected chi connectivity index (χ0v) is 20.8. The van der Waals surface area contributed by atoms with Gasteiger partial charge in [-0.05, 0) is 55.2 Å². The average molecular weight is 468 g/mol. The van der Waals surface area contributed by atoms with E-state index in [0.717, 1.165) is 18.5 Å². The zero-order valence-electron chi connectivity index (χ0n) is 19.8. The van der Waals surface area contributed by atoms with E-state index in [4.69, 9.17) is 9.16 Å². The molecular formula is C25H30FN3O3Si. The van der Waals surface area contributed by atoms with Gasteiger partial charge < -0.3 is 9.16 Å². The molecule has 1 saturated heterocycles.